The first-order valence-corrected chi connectivity index (χ1v) is 5.57. The Kier molecular flexibility index (Phi) is 5.60. The molecule has 0 aliphatic heterocycles. The van der Waals surface area contributed by atoms with E-state index in [9.17, 15) is 9.90 Å². The molecule has 1 N–H and O–H groups in total. The lowest BCUT2D eigenvalue weighted by Gasteiger charge is -2.16. The molecule has 92 valence electrons. The maximum Gasteiger partial charge on any atom is 0.168 e. The van der Waals surface area contributed by atoms with E-state index in [1.54, 1.807) is 19.2 Å². The summed E-state index contributed by atoms with van der Waals surface area (Å²) in [6.07, 6.45) is 1.09. The van der Waals surface area contributed by atoms with Crippen molar-refractivity contribution in [2.45, 2.75) is 12.5 Å². The third-order valence-electron chi connectivity index (χ3n) is 2.60. The second-order valence-corrected chi connectivity index (χ2v) is 3.92. The fraction of sp³-hybridized carbons (Fsp3) is 0.357. The van der Waals surface area contributed by atoms with Gasteiger partial charge in [-0.25, -0.2) is 0 Å². The van der Waals surface area contributed by atoms with Crippen LogP contribution in [-0.2, 0) is 4.74 Å². The highest BCUT2D eigenvalue weighted by Crippen LogP contribution is 2.15. The van der Waals surface area contributed by atoms with E-state index in [2.05, 4.69) is 6.58 Å². The zero-order chi connectivity index (χ0) is 12.7. The predicted octanol–water partition coefficient (Wildman–Crippen LogP) is 2.07. The highest BCUT2D eigenvalue weighted by molar-refractivity contribution is 5.97. The Labute approximate surface area is 102 Å². The molecule has 3 nitrogen and oxygen atoms in total. The van der Waals surface area contributed by atoms with Gasteiger partial charge in [0.2, 0.25) is 0 Å². The first-order chi connectivity index (χ1) is 8.19. The monoisotopic (exact) mass is 234 g/mol. The summed E-state index contributed by atoms with van der Waals surface area (Å²) in [5, 5.41) is 9.52. The predicted molar refractivity (Wildman–Crippen MR) is 67.0 cm³/mol. The molecule has 0 aliphatic carbocycles. The molecule has 0 aromatic heterocycles. The van der Waals surface area contributed by atoms with Gasteiger partial charge in [0.15, 0.2) is 5.78 Å². The van der Waals surface area contributed by atoms with Crippen LogP contribution in [0.3, 0.4) is 0 Å². The average Bonchev–Trinajstić information content (AvgIpc) is 2.38. The molecule has 0 fully saturated rings. The first kappa shape index (κ1) is 13.6. The van der Waals surface area contributed by atoms with Crippen LogP contribution in [0.25, 0.3) is 0 Å². The van der Waals surface area contributed by atoms with E-state index in [0.29, 0.717) is 18.6 Å². The number of hydrogen-bond acceptors (Lipinski definition) is 3. The first-order valence-electron chi connectivity index (χ1n) is 5.57. The zero-order valence-corrected chi connectivity index (χ0v) is 10.0. The Bertz CT molecular complexity index is 359. The highest BCUT2D eigenvalue weighted by atomic mass is 16.5. The lowest BCUT2D eigenvalue weighted by Crippen LogP contribution is -2.24. The number of Topliss-reactive ketones (excluding diaryl/α,β-unsaturated/α-hetero) is 1. The summed E-state index contributed by atoms with van der Waals surface area (Å²) in [7, 11) is 1.55. The molecule has 1 aromatic carbocycles. The number of benzene rings is 1. The van der Waals surface area contributed by atoms with Gasteiger partial charge < -0.3 is 9.84 Å². The Balaban J connectivity index is 2.76. The van der Waals surface area contributed by atoms with Crippen LogP contribution in [0.15, 0.2) is 43.0 Å². The van der Waals surface area contributed by atoms with Crippen LogP contribution < -0.4 is 0 Å². The van der Waals surface area contributed by atoms with E-state index in [-0.39, 0.29) is 11.7 Å². The van der Waals surface area contributed by atoms with Crippen molar-refractivity contribution in [3.8, 4) is 0 Å². The summed E-state index contributed by atoms with van der Waals surface area (Å²) in [5.41, 5.74) is 0.644. The van der Waals surface area contributed by atoms with Crippen LogP contribution in [0, 0.1) is 5.92 Å². The number of aliphatic hydroxyl groups excluding tert-OH is 1. The molecule has 17 heavy (non-hydrogen) atoms. The molecule has 0 bridgehead atoms. The minimum atomic E-state index is -0.678. The van der Waals surface area contributed by atoms with E-state index in [1.807, 2.05) is 18.2 Å². The fourth-order valence-electron chi connectivity index (χ4n) is 1.68. The van der Waals surface area contributed by atoms with E-state index < -0.39 is 6.10 Å². The number of carbonyl (C=O) groups is 1. The summed E-state index contributed by atoms with van der Waals surface area (Å²) >= 11 is 0. The number of ether oxygens (including phenoxy) is 1. The van der Waals surface area contributed by atoms with Crippen molar-refractivity contribution in [2.75, 3.05) is 13.7 Å². The van der Waals surface area contributed by atoms with Crippen LogP contribution >= 0.6 is 0 Å². The van der Waals surface area contributed by atoms with E-state index in [0.717, 1.165) is 0 Å². The number of carbonyl (C=O) groups excluding carboxylic acids is 1. The molecule has 0 radical (unpaired) electrons. The second-order valence-electron chi connectivity index (χ2n) is 3.92. The lowest BCUT2D eigenvalue weighted by atomic mass is 9.93. The van der Waals surface area contributed by atoms with Crippen LogP contribution in [0.4, 0.5) is 0 Å². The van der Waals surface area contributed by atoms with Gasteiger partial charge >= 0.3 is 0 Å². The second kappa shape index (κ2) is 6.99. The number of methoxy groups -OCH3 is 1. The van der Waals surface area contributed by atoms with Crippen molar-refractivity contribution < 1.29 is 14.6 Å². The van der Waals surface area contributed by atoms with Crippen molar-refractivity contribution in [2.24, 2.45) is 5.92 Å². The fourth-order valence-corrected chi connectivity index (χ4v) is 1.68. The molecule has 1 rings (SSSR count). The maximum absolute atomic E-state index is 12.2. The topological polar surface area (TPSA) is 46.5 Å². The van der Waals surface area contributed by atoms with Gasteiger partial charge in [0.25, 0.3) is 0 Å². The van der Waals surface area contributed by atoms with Crippen LogP contribution in [-0.4, -0.2) is 30.7 Å². The Morgan fingerprint density at radius 2 is 2.12 bits per heavy atom. The van der Waals surface area contributed by atoms with Gasteiger partial charge in [0.1, 0.15) is 0 Å². The maximum atomic E-state index is 12.2. The SMILES string of the molecule is C=CC(O)CC(COC)C(=O)c1ccccc1. The molecule has 2 unspecified atom stereocenters. The van der Waals surface area contributed by atoms with Crippen molar-refractivity contribution in [3.63, 3.8) is 0 Å². The standard InChI is InChI=1S/C14H18O3/c1-3-13(15)9-12(10-17-2)14(16)11-7-5-4-6-8-11/h3-8,12-13,15H,1,9-10H2,2H3. The van der Waals surface area contributed by atoms with E-state index in [1.165, 1.54) is 6.08 Å². The third-order valence-corrected chi connectivity index (χ3v) is 2.60. The Morgan fingerprint density at radius 1 is 1.47 bits per heavy atom. The van der Waals surface area contributed by atoms with Crippen molar-refractivity contribution >= 4 is 5.78 Å². The van der Waals surface area contributed by atoms with Crippen molar-refractivity contribution in [1.29, 1.82) is 0 Å². The molecule has 0 saturated carbocycles. The summed E-state index contributed by atoms with van der Waals surface area (Å²) in [6, 6.07) is 9.04. The molecule has 1 aromatic rings. The van der Waals surface area contributed by atoms with Gasteiger partial charge in [-0.15, -0.1) is 6.58 Å². The molecule has 3 heteroatoms. The quantitative estimate of drug-likeness (QED) is 0.580. The Morgan fingerprint density at radius 3 is 2.65 bits per heavy atom. The van der Waals surface area contributed by atoms with Crippen molar-refractivity contribution in [1.82, 2.24) is 0 Å². The van der Waals surface area contributed by atoms with Crippen LogP contribution in [0.1, 0.15) is 16.8 Å². The molecule has 0 amide bonds. The molecular formula is C14H18O3. The number of ketones is 1. The summed E-state index contributed by atoms with van der Waals surface area (Å²) in [5.74, 6) is -0.344. The van der Waals surface area contributed by atoms with E-state index in [4.69, 9.17) is 4.74 Å². The average molecular weight is 234 g/mol. The summed E-state index contributed by atoms with van der Waals surface area (Å²) in [6.45, 7) is 3.81. The van der Waals surface area contributed by atoms with Gasteiger partial charge in [0, 0.05) is 18.6 Å². The van der Waals surface area contributed by atoms with Gasteiger partial charge in [-0.05, 0) is 6.42 Å². The van der Waals surface area contributed by atoms with E-state index >= 15 is 0 Å². The smallest absolute Gasteiger partial charge is 0.168 e. The number of hydrogen-bond donors (Lipinski definition) is 1. The molecule has 0 aliphatic rings. The third kappa shape index (κ3) is 4.13. The number of aliphatic hydroxyl groups is 1. The normalized spacial score (nSPS) is 14.0. The minimum Gasteiger partial charge on any atom is -0.389 e. The highest BCUT2D eigenvalue weighted by Gasteiger charge is 2.21. The largest absolute Gasteiger partial charge is 0.389 e. The molecule has 2 atom stereocenters. The molecule has 0 spiro atoms. The summed E-state index contributed by atoms with van der Waals surface area (Å²) in [4.78, 5) is 12.2. The van der Waals surface area contributed by atoms with Gasteiger partial charge in [-0.3, -0.25) is 4.79 Å². The zero-order valence-electron chi connectivity index (χ0n) is 10.0. The van der Waals surface area contributed by atoms with Crippen LogP contribution in [0.5, 0.6) is 0 Å². The van der Waals surface area contributed by atoms with Gasteiger partial charge in [-0.1, -0.05) is 36.4 Å². The lowest BCUT2D eigenvalue weighted by molar-refractivity contribution is 0.0715. The summed E-state index contributed by atoms with van der Waals surface area (Å²) < 4.78 is 5.03. The minimum absolute atomic E-state index is 0.00616. The number of rotatable bonds is 7. The molecule has 0 saturated heterocycles. The molecular weight excluding hydrogens is 216 g/mol. The van der Waals surface area contributed by atoms with Crippen LogP contribution in [0.2, 0.25) is 0 Å². The van der Waals surface area contributed by atoms with Crippen molar-refractivity contribution in [3.05, 3.63) is 48.6 Å². The van der Waals surface area contributed by atoms with Gasteiger partial charge in [0.05, 0.1) is 12.7 Å². The van der Waals surface area contributed by atoms with Gasteiger partial charge in [-0.2, -0.15) is 0 Å². The molecule has 0 heterocycles. The Hall–Kier alpha value is -1.45.